The van der Waals surface area contributed by atoms with Crippen LogP contribution in [-0.4, -0.2) is 9.97 Å². The molecule has 0 atom stereocenters. The van der Waals surface area contributed by atoms with Crippen LogP contribution in [0.2, 0.25) is 10.0 Å². The lowest BCUT2D eigenvalue weighted by Crippen LogP contribution is -2.03. The van der Waals surface area contributed by atoms with E-state index in [0.29, 0.717) is 15.6 Å². The average Bonchev–Trinajstić information content (AvgIpc) is 2.29. The second kappa shape index (κ2) is 4.47. The minimum atomic E-state index is -0.619. The van der Waals surface area contributed by atoms with Crippen LogP contribution in [0.4, 0.5) is 10.2 Å². The SMILES string of the molecule is Cc1nc(-c2cccc(Cl)c2Cl)nc(N)c1F. The first-order valence-electron chi connectivity index (χ1n) is 4.74. The molecule has 0 saturated heterocycles. The first-order valence-corrected chi connectivity index (χ1v) is 5.50. The van der Waals surface area contributed by atoms with Gasteiger partial charge in [0.2, 0.25) is 0 Å². The normalized spacial score (nSPS) is 10.6. The molecule has 0 aliphatic heterocycles. The molecule has 0 aliphatic carbocycles. The summed E-state index contributed by atoms with van der Waals surface area (Å²) in [6.07, 6.45) is 0. The van der Waals surface area contributed by atoms with Crippen LogP contribution in [0.1, 0.15) is 5.69 Å². The summed E-state index contributed by atoms with van der Waals surface area (Å²) in [5, 5.41) is 0.702. The molecular weight excluding hydrogens is 264 g/mol. The number of nitrogens with two attached hydrogens (primary N) is 1. The third-order valence-electron chi connectivity index (χ3n) is 2.23. The van der Waals surface area contributed by atoms with Crippen LogP contribution in [0.15, 0.2) is 18.2 Å². The van der Waals surface area contributed by atoms with E-state index in [2.05, 4.69) is 9.97 Å². The van der Waals surface area contributed by atoms with Gasteiger partial charge in [-0.1, -0.05) is 29.3 Å². The molecule has 2 N–H and O–H groups in total. The largest absolute Gasteiger partial charge is 0.381 e. The number of rotatable bonds is 1. The maximum Gasteiger partial charge on any atom is 0.186 e. The van der Waals surface area contributed by atoms with Crippen molar-refractivity contribution in [2.24, 2.45) is 0 Å². The summed E-state index contributed by atoms with van der Waals surface area (Å²) in [6.45, 7) is 1.51. The zero-order valence-electron chi connectivity index (χ0n) is 8.84. The van der Waals surface area contributed by atoms with E-state index < -0.39 is 5.82 Å². The number of anilines is 1. The number of aryl methyl sites for hydroxylation is 1. The van der Waals surface area contributed by atoms with Gasteiger partial charge >= 0.3 is 0 Å². The maximum absolute atomic E-state index is 13.3. The van der Waals surface area contributed by atoms with Gasteiger partial charge in [-0.2, -0.15) is 0 Å². The Morgan fingerprint density at radius 3 is 2.59 bits per heavy atom. The van der Waals surface area contributed by atoms with Gasteiger partial charge in [-0.3, -0.25) is 0 Å². The number of nitrogens with zero attached hydrogens (tertiary/aromatic N) is 2. The van der Waals surface area contributed by atoms with Gasteiger partial charge in [0, 0.05) is 5.56 Å². The Morgan fingerprint density at radius 2 is 1.94 bits per heavy atom. The van der Waals surface area contributed by atoms with Crippen molar-refractivity contribution < 1.29 is 4.39 Å². The standard InChI is InChI=1S/C11H8Cl2FN3/c1-5-9(14)10(15)17-11(16-5)6-3-2-4-7(12)8(6)13/h2-4H,1H3,(H2,15,16,17). The lowest BCUT2D eigenvalue weighted by atomic mass is 10.2. The van der Waals surface area contributed by atoms with E-state index in [-0.39, 0.29) is 17.3 Å². The average molecular weight is 272 g/mol. The Balaban J connectivity index is 2.65. The zero-order chi connectivity index (χ0) is 12.6. The lowest BCUT2D eigenvalue weighted by molar-refractivity contribution is 0.608. The fourth-order valence-electron chi connectivity index (χ4n) is 1.38. The first-order chi connectivity index (χ1) is 8.00. The molecular formula is C11H8Cl2FN3. The number of aromatic nitrogens is 2. The zero-order valence-corrected chi connectivity index (χ0v) is 10.3. The molecule has 0 unspecified atom stereocenters. The van der Waals surface area contributed by atoms with Gasteiger partial charge in [0.25, 0.3) is 0 Å². The number of halogens is 3. The van der Waals surface area contributed by atoms with E-state index in [9.17, 15) is 4.39 Å². The van der Waals surface area contributed by atoms with Crippen molar-refractivity contribution in [3.8, 4) is 11.4 Å². The second-order valence-electron chi connectivity index (χ2n) is 3.43. The van der Waals surface area contributed by atoms with Crippen molar-refractivity contribution in [3.05, 3.63) is 39.8 Å². The molecule has 0 aliphatic rings. The third-order valence-corrected chi connectivity index (χ3v) is 3.05. The molecule has 88 valence electrons. The Kier molecular flexibility index (Phi) is 3.17. The molecule has 0 bridgehead atoms. The van der Waals surface area contributed by atoms with Crippen LogP contribution >= 0.6 is 23.2 Å². The summed E-state index contributed by atoms with van der Waals surface area (Å²) < 4.78 is 13.3. The highest BCUT2D eigenvalue weighted by Gasteiger charge is 2.13. The summed E-state index contributed by atoms with van der Waals surface area (Å²) in [7, 11) is 0. The van der Waals surface area contributed by atoms with Gasteiger partial charge in [0.1, 0.15) is 0 Å². The van der Waals surface area contributed by atoms with Crippen molar-refractivity contribution in [3.63, 3.8) is 0 Å². The Hall–Kier alpha value is -1.39. The smallest absolute Gasteiger partial charge is 0.186 e. The van der Waals surface area contributed by atoms with Crippen molar-refractivity contribution in [1.29, 1.82) is 0 Å². The lowest BCUT2D eigenvalue weighted by Gasteiger charge is -2.07. The molecule has 2 aromatic rings. The number of benzene rings is 1. The Labute approximate surface area is 107 Å². The highest BCUT2D eigenvalue weighted by molar-refractivity contribution is 6.43. The third kappa shape index (κ3) is 2.18. The highest BCUT2D eigenvalue weighted by atomic mass is 35.5. The maximum atomic E-state index is 13.3. The Morgan fingerprint density at radius 1 is 1.24 bits per heavy atom. The molecule has 0 amide bonds. The predicted octanol–water partition coefficient (Wildman–Crippen LogP) is 3.48. The van der Waals surface area contributed by atoms with Crippen LogP contribution in [0, 0.1) is 12.7 Å². The van der Waals surface area contributed by atoms with E-state index in [1.165, 1.54) is 6.92 Å². The van der Waals surface area contributed by atoms with E-state index in [1.54, 1.807) is 18.2 Å². The van der Waals surface area contributed by atoms with Crippen molar-refractivity contribution in [1.82, 2.24) is 9.97 Å². The summed E-state index contributed by atoms with van der Waals surface area (Å²) in [4.78, 5) is 7.85. The van der Waals surface area contributed by atoms with E-state index in [0.717, 1.165) is 0 Å². The quantitative estimate of drug-likeness (QED) is 0.864. The summed E-state index contributed by atoms with van der Waals surface area (Å²) >= 11 is 11.9. The summed E-state index contributed by atoms with van der Waals surface area (Å²) in [5.74, 6) is -0.565. The monoisotopic (exact) mass is 271 g/mol. The van der Waals surface area contributed by atoms with Crippen LogP contribution in [0.5, 0.6) is 0 Å². The molecule has 0 radical (unpaired) electrons. The van der Waals surface area contributed by atoms with Crippen LogP contribution in [-0.2, 0) is 0 Å². The minimum Gasteiger partial charge on any atom is -0.381 e. The predicted molar refractivity (Wildman–Crippen MR) is 66.6 cm³/mol. The topological polar surface area (TPSA) is 51.8 Å². The molecule has 6 heteroatoms. The van der Waals surface area contributed by atoms with E-state index in [4.69, 9.17) is 28.9 Å². The van der Waals surface area contributed by atoms with E-state index in [1.807, 2.05) is 0 Å². The van der Waals surface area contributed by atoms with E-state index >= 15 is 0 Å². The minimum absolute atomic E-state index is 0.170. The Bertz CT molecular complexity index is 564. The molecule has 0 fully saturated rings. The highest BCUT2D eigenvalue weighted by Crippen LogP contribution is 2.32. The summed E-state index contributed by atoms with van der Waals surface area (Å²) in [5.41, 5.74) is 6.14. The molecule has 2 rings (SSSR count). The molecule has 1 aromatic carbocycles. The van der Waals surface area contributed by atoms with Crippen LogP contribution in [0.3, 0.4) is 0 Å². The molecule has 0 spiro atoms. The molecule has 1 heterocycles. The van der Waals surface area contributed by atoms with Crippen molar-refractivity contribution in [2.75, 3.05) is 5.73 Å². The number of hydrogen-bond acceptors (Lipinski definition) is 3. The number of hydrogen-bond donors (Lipinski definition) is 1. The van der Waals surface area contributed by atoms with Gasteiger partial charge in [0.05, 0.1) is 15.7 Å². The van der Waals surface area contributed by atoms with Gasteiger partial charge in [-0.05, 0) is 19.1 Å². The van der Waals surface area contributed by atoms with Gasteiger partial charge in [-0.25, -0.2) is 14.4 Å². The van der Waals surface area contributed by atoms with Crippen molar-refractivity contribution in [2.45, 2.75) is 6.92 Å². The molecule has 0 saturated carbocycles. The molecule has 17 heavy (non-hydrogen) atoms. The van der Waals surface area contributed by atoms with Crippen LogP contribution < -0.4 is 5.73 Å². The number of nitrogen functional groups attached to an aromatic ring is 1. The van der Waals surface area contributed by atoms with Crippen molar-refractivity contribution >= 4 is 29.0 Å². The fraction of sp³-hybridized carbons (Fsp3) is 0.0909. The first kappa shape index (κ1) is 12.1. The van der Waals surface area contributed by atoms with Gasteiger partial charge < -0.3 is 5.73 Å². The second-order valence-corrected chi connectivity index (χ2v) is 4.22. The van der Waals surface area contributed by atoms with Crippen LogP contribution in [0.25, 0.3) is 11.4 Å². The summed E-state index contributed by atoms with van der Waals surface area (Å²) in [6, 6.07) is 5.05. The fourth-order valence-corrected chi connectivity index (χ4v) is 1.76. The van der Waals surface area contributed by atoms with Gasteiger partial charge in [0.15, 0.2) is 17.5 Å². The van der Waals surface area contributed by atoms with Gasteiger partial charge in [-0.15, -0.1) is 0 Å². The molecule has 3 nitrogen and oxygen atoms in total. The molecule has 1 aromatic heterocycles.